The highest BCUT2D eigenvalue weighted by Gasteiger charge is 2.45. The van der Waals surface area contributed by atoms with Crippen molar-refractivity contribution in [3.8, 4) is 45.8 Å². The van der Waals surface area contributed by atoms with Crippen LogP contribution in [0, 0.1) is 0 Å². The lowest BCUT2D eigenvalue weighted by atomic mass is 9.99. The maximum absolute atomic E-state index is 12.8. The molecule has 0 saturated carbocycles. The van der Waals surface area contributed by atoms with Crippen molar-refractivity contribution in [1.29, 1.82) is 0 Å². The predicted octanol–water partition coefficient (Wildman–Crippen LogP) is -0.530. The fourth-order valence-electron chi connectivity index (χ4n) is 3.71. The smallest absolute Gasteiger partial charge is 0.229 e. The standard InChI is InChI=1S/C22H22O13/c1-32-21-19-13(10(26)5-11(33-19)7-2-3-8(24)9(25)4-7)15(28)17(30)20(21)35-22-18(31)16(29)14(27)12(6-23)34-22/h2-5,12,14,16,18,22-25,27-31H,6H2,1H3/t12?,14-,16-,18?,22-/m0/s1. The minimum absolute atomic E-state index is 0.111. The van der Waals surface area contributed by atoms with Gasteiger partial charge < -0.3 is 59.5 Å². The van der Waals surface area contributed by atoms with Gasteiger partial charge in [0.05, 0.1) is 13.7 Å². The molecule has 0 bridgehead atoms. The maximum atomic E-state index is 12.8. The molecule has 0 amide bonds. The van der Waals surface area contributed by atoms with E-state index in [1.807, 2.05) is 0 Å². The van der Waals surface area contributed by atoms with E-state index in [1.54, 1.807) is 0 Å². The van der Waals surface area contributed by atoms with Crippen LogP contribution >= 0.6 is 0 Å². The number of methoxy groups -OCH3 is 1. The van der Waals surface area contributed by atoms with Crippen LogP contribution in [0.4, 0.5) is 0 Å². The predicted molar refractivity (Wildman–Crippen MR) is 116 cm³/mol. The number of benzene rings is 2. The molecule has 0 spiro atoms. The molecule has 0 radical (unpaired) electrons. The monoisotopic (exact) mass is 494 g/mol. The Morgan fingerprint density at radius 1 is 0.914 bits per heavy atom. The first-order valence-corrected chi connectivity index (χ1v) is 10.2. The van der Waals surface area contributed by atoms with Crippen LogP contribution in [0.3, 0.4) is 0 Å². The van der Waals surface area contributed by atoms with Crippen LogP contribution in [-0.4, -0.2) is 85.3 Å². The molecule has 8 N–H and O–H groups in total. The number of hydrogen-bond acceptors (Lipinski definition) is 13. The van der Waals surface area contributed by atoms with E-state index in [9.17, 15) is 45.6 Å². The van der Waals surface area contributed by atoms with Crippen LogP contribution in [-0.2, 0) is 4.74 Å². The Morgan fingerprint density at radius 2 is 1.63 bits per heavy atom. The summed E-state index contributed by atoms with van der Waals surface area (Å²) in [6, 6.07) is 4.60. The number of ether oxygens (including phenoxy) is 3. The highest BCUT2D eigenvalue weighted by Crippen LogP contribution is 2.50. The molecule has 35 heavy (non-hydrogen) atoms. The van der Waals surface area contributed by atoms with Gasteiger partial charge in [-0.3, -0.25) is 4.79 Å². The molecule has 2 heterocycles. The molecule has 2 unspecified atom stereocenters. The first-order chi connectivity index (χ1) is 16.6. The van der Waals surface area contributed by atoms with Crippen molar-refractivity contribution in [2.24, 2.45) is 0 Å². The van der Waals surface area contributed by atoms with Gasteiger partial charge in [-0.2, -0.15) is 0 Å². The number of aliphatic hydroxyl groups is 4. The second kappa shape index (κ2) is 9.13. The number of hydrogen-bond donors (Lipinski definition) is 8. The van der Waals surface area contributed by atoms with Crippen LogP contribution in [0.15, 0.2) is 33.5 Å². The van der Waals surface area contributed by atoms with E-state index in [1.165, 1.54) is 6.07 Å². The van der Waals surface area contributed by atoms with Gasteiger partial charge in [-0.25, -0.2) is 0 Å². The third kappa shape index (κ3) is 4.05. The van der Waals surface area contributed by atoms with E-state index in [4.69, 9.17) is 18.6 Å². The summed E-state index contributed by atoms with van der Waals surface area (Å²) in [6.45, 7) is -0.741. The molecule has 5 atom stereocenters. The van der Waals surface area contributed by atoms with Crippen molar-refractivity contribution < 1.29 is 59.5 Å². The summed E-state index contributed by atoms with van der Waals surface area (Å²) in [5.41, 5.74) is -1.03. The largest absolute Gasteiger partial charge is 0.504 e. The van der Waals surface area contributed by atoms with E-state index in [2.05, 4.69) is 0 Å². The molecule has 1 aliphatic heterocycles. The van der Waals surface area contributed by atoms with Crippen LogP contribution in [0.1, 0.15) is 0 Å². The summed E-state index contributed by atoms with van der Waals surface area (Å²) in [5.74, 6) is -3.99. The Balaban J connectivity index is 1.87. The Hall–Kier alpha value is -3.75. The first kappa shape index (κ1) is 24.4. The van der Waals surface area contributed by atoms with Gasteiger partial charge in [0.15, 0.2) is 28.3 Å². The molecule has 13 nitrogen and oxygen atoms in total. The lowest BCUT2D eigenvalue weighted by Crippen LogP contribution is -2.60. The molecule has 0 aliphatic carbocycles. The van der Waals surface area contributed by atoms with Gasteiger partial charge in [0.25, 0.3) is 0 Å². The van der Waals surface area contributed by atoms with Crippen LogP contribution in [0.5, 0.6) is 34.5 Å². The van der Waals surface area contributed by atoms with Crippen molar-refractivity contribution in [3.05, 3.63) is 34.5 Å². The van der Waals surface area contributed by atoms with E-state index in [0.717, 1.165) is 25.3 Å². The van der Waals surface area contributed by atoms with Gasteiger partial charge in [-0.05, 0) is 18.2 Å². The second-order valence-electron chi connectivity index (χ2n) is 7.76. The fourth-order valence-corrected chi connectivity index (χ4v) is 3.71. The van der Waals surface area contributed by atoms with Crippen molar-refractivity contribution in [3.63, 3.8) is 0 Å². The van der Waals surface area contributed by atoms with Gasteiger partial charge >= 0.3 is 0 Å². The van der Waals surface area contributed by atoms with Gasteiger partial charge in [0, 0.05) is 11.6 Å². The lowest BCUT2D eigenvalue weighted by Gasteiger charge is -2.39. The number of aromatic hydroxyl groups is 4. The minimum atomic E-state index is -1.85. The van der Waals surface area contributed by atoms with E-state index in [0.29, 0.717) is 0 Å². The van der Waals surface area contributed by atoms with E-state index >= 15 is 0 Å². The SMILES string of the molecule is COc1c(O[C@@H]2OC(CO)[C@H](O)[C@H](O)C2O)c(O)c(O)c2c(=O)cc(-c3ccc(O)c(O)c3)oc12. The van der Waals surface area contributed by atoms with Crippen molar-refractivity contribution in [1.82, 2.24) is 0 Å². The number of phenols is 4. The first-order valence-electron chi connectivity index (χ1n) is 10.2. The zero-order chi connectivity index (χ0) is 25.6. The molecule has 1 aromatic heterocycles. The van der Waals surface area contributed by atoms with Gasteiger partial charge in [0.2, 0.25) is 23.5 Å². The normalized spacial score (nSPS) is 24.4. The number of fused-ring (bicyclic) bond motifs is 1. The molecular weight excluding hydrogens is 472 g/mol. The molecule has 4 rings (SSSR count). The summed E-state index contributed by atoms with van der Waals surface area (Å²) in [4.78, 5) is 12.8. The molecule has 2 aromatic carbocycles. The molecule has 1 saturated heterocycles. The van der Waals surface area contributed by atoms with Crippen molar-refractivity contribution in [2.45, 2.75) is 30.7 Å². The Labute approximate surface area is 195 Å². The molecule has 188 valence electrons. The van der Waals surface area contributed by atoms with E-state index < -0.39 is 88.2 Å². The molecular formula is C22H22O13. The van der Waals surface area contributed by atoms with Crippen LogP contribution in [0.2, 0.25) is 0 Å². The third-order valence-electron chi connectivity index (χ3n) is 5.58. The van der Waals surface area contributed by atoms with Crippen molar-refractivity contribution >= 4 is 11.0 Å². The third-order valence-corrected chi connectivity index (χ3v) is 5.58. The van der Waals surface area contributed by atoms with Gasteiger partial charge in [0.1, 0.15) is 35.6 Å². The average Bonchev–Trinajstić information content (AvgIpc) is 2.83. The van der Waals surface area contributed by atoms with Gasteiger partial charge in [-0.1, -0.05) is 0 Å². The summed E-state index contributed by atoms with van der Waals surface area (Å²) in [6.07, 6.45) is -8.40. The number of rotatable bonds is 5. The van der Waals surface area contributed by atoms with E-state index in [-0.39, 0.29) is 11.3 Å². The molecule has 3 aromatic rings. The molecule has 1 aliphatic rings. The minimum Gasteiger partial charge on any atom is -0.504 e. The summed E-state index contributed by atoms with van der Waals surface area (Å²) < 4.78 is 21.7. The van der Waals surface area contributed by atoms with Crippen LogP contribution in [0.25, 0.3) is 22.3 Å². The van der Waals surface area contributed by atoms with Crippen LogP contribution < -0.4 is 14.9 Å². The number of phenolic OH excluding ortho intramolecular Hbond substituents is 4. The Morgan fingerprint density at radius 3 is 2.26 bits per heavy atom. The summed E-state index contributed by atoms with van der Waals surface area (Å²) >= 11 is 0. The van der Waals surface area contributed by atoms with Crippen molar-refractivity contribution in [2.75, 3.05) is 13.7 Å². The Bertz CT molecular complexity index is 1320. The molecule has 1 fully saturated rings. The summed E-state index contributed by atoms with van der Waals surface area (Å²) in [5, 5.41) is 79.5. The summed E-state index contributed by atoms with van der Waals surface area (Å²) in [7, 11) is 1.13. The lowest BCUT2D eigenvalue weighted by molar-refractivity contribution is -0.277. The quantitative estimate of drug-likeness (QED) is 0.209. The van der Waals surface area contributed by atoms with Gasteiger partial charge in [-0.15, -0.1) is 0 Å². The zero-order valence-corrected chi connectivity index (χ0v) is 18.0. The highest BCUT2D eigenvalue weighted by atomic mass is 16.7. The zero-order valence-electron chi connectivity index (χ0n) is 18.0. The maximum Gasteiger partial charge on any atom is 0.229 e. The number of aliphatic hydroxyl groups excluding tert-OH is 4. The topological polar surface area (TPSA) is 220 Å². The average molecular weight is 494 g/mol. The second-order valence-corrected chi connectivity index (χ2v) is 7.76. The highest BCUT2D eigenvalue weighted by molar-refractivity contribution is 5.95. The fraction of sp³-hybridized carbons (Fsp3) is 0.318. The Kier molecular flexibility index (Phi) is 6.36. The molecule has 13 heteroatoms.